The molecule has 1 amide bonds. The van der Waals surface area contributed by atoms with Crippen LogP contribution in [0.4, 0.5) is 0 Å². The summed E-state index contributed by atoms with van der Waals surface area (Å²) in [5, 5.41) is 3.18. The second kappa shape index (κ2) is 7.30. The number of fused-ring (bicyclic) bond motifs is 1. The van der Waals surface area contributed by atoms with Crippen LogP contribution < -0.4 is 11.1 Å². The van der Waals surface area contributed by atoms with Gasteiger partial charge in [-0.25, -0.2) is 4.98 Å². The van der Waals surface area contributed by atoms with Gasteiger partial charge in [-0.05, 0) is 61.7 Å². The number of benzene rings is 2. The van der Waals surface area contributed by atoms with Crippen molar-refractivity contribution in [1.29, 1.82) is 0 Å². The van der Waals surface area contributed by atoms with Crippen molar-refractivity contribution in [1.82, 2.24) is 14.9 Å². The van der Waals surface area contributed by atoms with Gasteiger partial charge in [0.2, 0.25) is 0 Å². The first kappa shape index (κ1) is 16.8. The first-order chi connectivity index (χ1) is 12.8. The molecular weight excluding hydrogens is 324 g/mol. The molecule has 0 spiro atoms. The van der Waals surface area contributed by atoms with E-state index in [1.165, 1.54) is 6.42 Å². The van der Waals surface area contributed by atoms with Crippen molar-refractivity contribution in [3.8, 4) is 5.69 Å². The molecule has 2 unspecified atom stereocenters. The molecule has 1 aliphatic rings. The van der Waals surface area contributed by atoms with Gasteiger partial charge in [0.25, 0.3) is 5.91 Å². The van der Waals surface area contributed by atoms with E-state index in [0.717, 1.165) is 36.0 Å². The minimum absolute atomic E-state index is 0.0163. The number of aromatic nitrogens is 2. The van der Waals surface area contributed by atoms with Gasteiger partial charge < -0.3 is 11.1 Å². The quantitative estimate of drug-likeness (QED) is 0.760. The molecule has 2 atom stereocenters. The van der Waals surface area contributed by atoms with Crippen molar-refractivity contribution in [2.24, 2.45) is 11.7 Å². The van der Waals surface area contributed by atoms with Crippen molar-refractivity contribution in [3.05, 3.63) is 60.4 Å². The number of carbonyl (C=O) groups excluding carboxylic acids is 1. The van der Waals surface area contributed by atoms with E-state index in [9.17, 15) is 4.79 Å². The van der Waals surface area contributed by atoms with Crippen LogP contribution in [-0.4, -0.2) is 28.0 Å². The zero-order valence-electron chi connectivity index (χ0n) is 14.8. The minimum Gasteiger partial charge on any atom is -0.349 e. The molecule has 26 heavy (non-hydrogen) atoms. The largest absolute Gasteiger partial charge is 0.349 e. The van der Waals surface area contributed by atoms with Crippen molar-refractivity contribution in [2.75, 3.05) is 6.54 Å². The van der Waals surface area contributed by atoms with Crippen LogP contribution in [0.25, 0.3) is 16.7 Å². The fourth-order valence-corrected chi connectivity index (χ4v) is 3.87. The average Bonchev–Trinajstić information content (AvgIpc) is 3.12. The Morgan fingerprint density at radius 1 is 1.12 bits per heavy atom. The highest BCUT2D eigenvalue weighted by molar-refractivity contribution is 5.94. The molecule has 0 saturated heterocycles. The molecule has 1 heterocycles. The molecule has 3 aromatic rings. The maximum absolute atomic E-state index is 12.6. The summed E-state index contributed by atoms with van der Waals surface area (Å²) in [5.74, 6) is 0.377. The Hall–Kier alpha value is -2.66. The fourth-order valence-electron chi connectivity index (χ4n) is 3.87. The number of nitrogens with two attached hydrogens (primary N) is 1. The van der Waals surface area contributed by atoms with E-state index >= 15 is 0 Å². The highest BCUT2D eigenvalue weighted by atomic mass is 16.1. The molecule has 0 radical (unpaired) electrons. The van der Waals surface area contributed by atoms with E-state index in [1.54, 1.807) is 0 Å². The van der Waals surface area contributed by atoms with Crippen LogP contribution in [0.15, 0.2) is 54.9 Å². The van der Waals surface area contributed by atoms with Crippen molar-refractivity contribution in [2.45, 2.75) is 31.7 Å². The molecule has 2 aromatic carbocycles. The molecule has 1 aromatic heterocycles. The number of carbonyl (C=O) groups is 1. The molecule has 0 aliphatic heterocycles. The Kier molecular flexibility index (Phi) is 4.71. The van der Waals surface area contributed by atoms with Gasteiger partial charge in [-0.1, -0.05) is 25.0 Å². The SMILES string of the molecule is NCC1CCCCC1NC(=O)c1ccc(-n2cnc3ccccc32)cc1. The van der Waals surface area contributed by atoms with Crippen LogP contribution in [0.1, 0.15) is 36.0 Å². The number of hydrogen-bond acceptors (Lipinski definition) is 3. The smallest absolute Gasteiger partial charge is 0.251 e. The van der Waals surface area contributed by atoms with Crippen LogP contribution in [0.5, 0.6) is 0 Å². The van der Waals surface area contributed by atoms with Crippen LogP contribution >= 0.6 is 0 Å². The molecule has 134 valence electrons. The normalized spacial score (nSPS) is 20.2. The molecule has 1 fully saturated rings. The number of amides is 1. The van der Waals surface area contributed by atoms with E-state index in [4.69, 9.17) is 5.73 Å². The fraction of sp³-hybridized carbons (Fsp3) is 0.333. The predicted molar refractivity (Wildman–Crippen MR) is 103 cm³/mol. The number of nitrogens with zero attached hydrogens (tertiary/aromatic N) is 2. The van der Waals surface area contributed by atoms with Gasteiger partial charge in [-0.2, -0.15) is 0 Å². The van der Waals surface area contributed by atoms with Gasteiger partial charge >= 0.3 is 0 Å². The number of imidazole rings is 1. The van der Waals surface area contributed by atoms with Crippen LogP contribution in [0, 0.1) is 5.92 Å². The lowest BCUT2D eigenvalue weighted by molar-refractivity contribution is 0.0908. The third-order valence-corrected chi connectivity index (χ3v) is 5.39. The summed E-state index contributed by atoms with van der Waals surface area (Å²) in [7, 11) is 0. The van der Waals surface area contributed by atoms with E-state index < -0.39 is 0 Å². The van der Waals surface area contributed by atoms with Gasteiger partial charge in [-0.3, -0.25) is 9.36 Å². The molecule has 4 rings (SSSR count). The Morgan fingerprint density at radius 3 is 2.69 bits per heavy atom. The summed E-state index contributed by atoms with van der Waals surface area (Å²) >= 11 is 0. The van der Waals surface area contributed by atoms with Gasteiger partial charge in [0, 0.05) is 17.3 Å². The first-order valence-corrected chi connectivity index (χ1v) is 9.30. The predicted octanol–water partition coefficient (Wildman–Crippen LogP) is 3.27. The summed E-state index contributed by atoms with van der Waals surface area (Å²) < 4.78 is 2.03. The molecule has 1 saturated carbocycles. The Morgan fingerprint density at radius 2 is 1.88 bits per heavy atom. The minimum atomic E-state index is -0.0163. The van der Waals surface area contributed by atoms with Gasteiger partial charge in [-0.15, -0.1) is 0 Å². The van der Waals surface area contributed by atoms with E-state index in [-0.39, 0.29) is 11.9 Å². The molecule has 5 nitrogen and oxygen atoms in total. The highest BCUT2D eigenvalue weighted by Crippen LogP contribution is 2.24. The number of hydrogen-bond donors (Lipinski definition) is 2. The van der Waals surface area contributed by atoms with E-state index in [0.29, 0.717) is 18.0 Å². The van der Waals surface area contributed by atoms with Gasteiger partial charge in [0.05, 0.1) is 11.0 Å². The average molecular weight is 348 g/mol. The number of nitrogens with one attached hydrogen (secondary N) is 1. The zero-order valence-corrected chi connectivity index (χ0v) is 14.8. The molecular formula is C21H24N4O. The first-order valence-electron chi connectivity index (χ1n) is 9.30. The molecule has 0 bridgehead atoms. The van der Waals surface area contributed by atoms with E-state index in [2.05, 4.69) is 10.3 Å². The Balaban J connectivity index is 1.51. The Labute approximate surface area is 153 Å². The van der Waals surface area contributed by atoms with Gasteiger partial charge in [0.1, 0.15) is 6.33 Å². The second-order valence-corrected chi connectivity index (χ2v) is 7.01. The van der Waals surface area contributed by atoms with Crippen molar-refractivity contribution in [3.63, 3.8) is 0 Å². The van der Waals surface area contributed by atoms with Crippen LogP contribution in [-0.2, 0) is 0 Å². The summed E-state index contributed by atoms with van der Waals surface area (Å²) in [6, 6.07) is 15.9. The lowest BCUT2D eigenvalue weighted by atomic mass is 9.84. The maximum Gasteiger partial charge on any atom is 0.251 e. The molecule has 5 heteroatoms. The third-order valence-electron chi connectivity index (χ3n) is 5.39. The highest BCUT2D eigenvalue weighted by Gasteiger charge is 2.25. The van der Waals surface area contributed by atoms with E-state index in [1.807, 2.05) is 59.4 Å². The Bertz CT molecular complexity index is 900. The summed E-state index contributed by atoms with van der Waals surface area (Å²) in [6.07, 6.45) is 6.31. The summed E-state index contributed by atoms with van der Waals surface area (Å²) in [4.78, 5) is 17.0. The number of rotatable bonds is 4. The molecule has 3 N–H and O–H groups in total. The second-order valence-electron chi connectivity index (χ2n) is 7.01. The van der Waals surface area contributed by atoms with Crippen LogP contribution in [0.3, 0.4) is 0 Å². The zero-order chi connectivity index (χ0) is 17.9. The topological polar surface area (TPSA) is 72.9 Å². The number of para-hydroxylation sites is 2. The lowest BCUT2D eigenvalue weighted by Crippen LogP contribution is -2.44. The third kappa shape index (κ3) is 3.22. The van der Waals surface area contributed by atoms with Crippen molar-refractivity contribution < 1.29 is 4.79 Å². The van der Waals surface area contributed by atoms with Gasteiger partial charge in [0.15, 0.2) is 0 Å². The summed E-state index contributed by atoms with van der Waals surface area (Å²) in [6.45, 7) is 0.636. The lowest BCUT2D eigenvalue weighted by Gasteiger charge is -2.31. The maximum atomic E-state index is 12.6. The monoisotopic (exact) mass is 348 g/mol. The summed E-state index contributed by atoms with van der Waals surface area (Å²) in [5.41, 5.74) is 9.55. The van der Waals surface area contributed by atoms with Crippen LogP contribution in [0.2, 0.25) is 0 Å². The van der Waals surface area contributed by atoms with Crippen molar-refractivity contribution >= 4 is 16.9 Å². The standard InChI is InChI=1S/C21H24N4O/c22-13-16-5-1-2-6-18(16)24-21(26)15-9-11-17(12-10-15)25-14-23-19-7-3-4-8-20(19)25/h3-4,7-12,14,16,18H,1-2,5-6,13,22H2,(H,24,26). The molecule has 1 aliphatic carbocycles.